The van der Waals surface area contributed by atoms with Crippen molar-refractivity contribution in [3.8, 4) is 0 Å². The number of amides is 1. The van der Waals surface area contributed by atoms with E-state index in [1.165, 1.54) is 0 Å². The summed E-state index contributed by atoms with van der Waals surface area (Å²) in [7, 11) is 0. The molecule has 0 saturated carbocycles. The lowest BCUT2D eigenvalue weighted by molar-refractivity contribution is -0.121. The fraction of sp³-hybridized carbons (Fsp3) is 0.429. The first kappa shape index (κ1) is 13.5. The predicted molar refractivity (Wildman–Crippen MR) is 73.7 cm³/mol. The normalized spacial score (nSPS) is 12.5. The van der Waals surface area contributed by atoms with Gasteiger partial charge in [0.2, 0.25) is 5.91 Å². The molecule has 1 amide bonds. The highest BCUT2D eigenvalue weighted by Gasteiger charge is 2.13. The number of hydrogen-bond donors (Lipinski definition) is 3. The number of aromatic nitrogens is 2. The first-order valence-electron chi connectivity index (χ1n) is 6.56. The maximum absolute atomic E-state index is 12.0. The third kappa shape index (κ3) is 3.32. The molecular formula is C14H19N3O2. The smallest absolute Gasteiger partial charge is 0.226 e. The van der Waals surface area contributed by atoms with Crippen molar-refractivity contribution in [2.45, 2.75) is 32.2 Å². The molecule has 19 heavy (non-hydrogen) atoms. The van der Waals surface area contributed by atoms with Crippen LogP contribution in [0.15, 0.2) is 24.3 Å². The van der Waals surface area contributed by atoms with Crippen LogP contribution in [0.5, 0.6) is 0 Å². The van der Waals surface area contributed by atoms with Crippen LogP contribution in [0.3, 0.4) is 0 Å². The summed E-state index contributed by atoms with van der Waals surface area (Å²) in [5, 5.41) is 19.9. The molecule has 1 heterocycles. The van der Waals surface area contributed by atoms with E-state index >= 15 is 0 Å². The van der Waals surface area contributed by atoms with Gasteiger partial charge in [0.25, 0.3) is 0 Å². The van der Waals surface area contributed by atoms with E-state index in [4.69, 9.17) is 5.11 Å². The summed E-state index contributed by atoms with van der Waals surface area (Å²) >= 11 is 0. The molecule has 0 fully saturated rings. The standard InChI is InChI=1S/C14H19N3O2/c1-2-10(7-8-18)15-14(19)9-13-11-5-3-4-6-12(11)16-17-13/h3-6,10,18H,2,7-9H2,1H3,(H,15,19)(H,16,17). The van der Waals surface area contributed by atoms with E-state index in [9.17, 15) is 4.79 Å². The summed E-state index contributed by atoms with van der Waals surface area (Å²) in [6, 6.07) is 7.74. The van der Waals surface area contributed by atoms with Gasteiger partial charge in [0.1, 0.15) is 0 Å². The Balaban J connectivity index is 2.02. The number of para-hydroxylation sites is 1. The SMILES string of the molecule is CCC(CCO)NC(=O)Cc1[nH]nc2ccccc12. The highest BCUT2D eigenvalue weighted by molar-refractivity contribution is 5.87. The fourth-order valence-corrected chi connectivity index (χ4v) is 2.12. The molecule has 0 aliphatic rings. The summed E-state index contributed by atoms with van der Waals surface area (Å²) in [4.78, 5) is 12.0. The highest BCUT2D eigenvalue weighted by Crippen LogP contribution is 2.15. The van der Waals surface area contributed by atoms with Crippen molar-refractivity contribution in [3.05, 3.63) is 30.0 Å². The Hall–Kier alpha value is -1.88. The van der Waals surface area contributed by atoms with E-state index in [1.807, 2.05) is 31.2 Å². The highest BCUT2D eigenvalue weighted by atomic mass is 16.3. The zero-order valence-corrected chi connectivity index (χ0v) is 11.0. The minimum atomic E-state index is -0.0466. The van der Waals surface area contributed by atoms with E-state index in [0.29, 0.717) is 6.42 Å². The lowest BCUT2D eigenvalue weighted by Crippen LogP contribution is -2.36. The molecule has 0 spiro atoms. The van der Waals surface area contributed by atoms with Crippen LogP contribution in [-0.4, -0.2) is 33.9 Å². The molecule has 1 atom stereocenters. The van der Waals surface area contributed by atoms with Gasteiger partial charge in [-0.15, -0.1) is 0 Å². The zero-order chi connectivity index (χ0) is 13.7. The number of benzene rings is 1. The lowest BCUT2D eigenvalue weighted by Gasteiger charge is -2.15. The van der Waals surface area contributed by atoms with Crippen LogP contribution in [-0.2, 0) is 11.2 Å². The number of H-pyrrole nitrogens is 1. The Morgan fingerprint density at radius 2 is 2.26 bits per heavy atom. The number of nitrogens with one attached hydrogen (secondary N) is 2. The monoisotopic (exact) mass is 261 g/mol. The Labute approximate surface area is 112 Å². The lowest BCUT2D eigenvalue weighted by atomic mass is 10.1. The largest absolute Gasteiger partial charge is 0.396 e. The summed E-state index contributed by atoms with van der Waals surface area (Å²) in [6.45, 7) is 2.08. The van der Waals surface area contributed by atoms with Crippen LogP contribution < -0.4 is 5.32 Å². The molecular weight excluding hydrogens is 242 g/mol. The molecule has 0 saturated heterocycles. The topological polar surface area (TPSA) is 78.0 Å². The van der Waals surface area contributed by atoms with Gasteiger partial charge in [-0.2, -0.15) is 5.10 Å². The second-order valence-corrected chi connectivity index (χ2v) is 4.58. The molecule has 0 aliphatic heterocycles. The summed E-state index contributed by atoms with van der Waals surface area (Å²) in [6.07, 6.45) is 1.68. The molecule has 3 N–H and O–H groups in total. The molecule has 0 bridgehead atoms. The van der Waals surface area contributed by atoms with Crippen molar-refractivity contribution < 1.29 is 9.90 Å². The van der Waals surface area contributed by atoms with Crippen LogP contribution in [0.4, 0.5) is 0 Å². The number of carbonyl (C=O) groups excluding carboxylic acids is 1. The maximum Gasteiger partial charge on any atom is 0.226 e. The molecule has 0 radical (unpaired) electrons. The van der Waals surface area contributed by atoms with Gasteiger partial charge in [0, 0.05) is 18.0 Å². The van der Waals surface area contributed by atoms with Gasteiger partial charge in [-0.25, -0.2) is 0 Å². The van der Waals surface area contributed by atoms with Crippen LogP contribution in [0.2, 0.25) is 0 Å². The number of aliphatic hydroxyl groups is 1. The van der Waals surface area contributed by atoms with Gasteiger partial charge in [-0.05, 0) is 18.9 Å². The van der Waals surface area contributed by atoms with Crippen LogP contribution >= 0.6 is 0 Å². The van der Waals surface area contributed by atoms with E-state index < -0.39 is 0 Å². The Morgan fingerprint density at radius 3 is 3.00 bits per heavy atom. The molecule has 102 valence electrons. The Morgan fingerprint density at radius 1 is 1.47 bits per heavy atom. The summed E-state index contributed by atoms with van der Waals surface area (Å²) in [5.74, 6) is -0.0466. The number of aromatic amines is 1. The molecule has 1 unspecified atom stereocenters. The minimum absolute atomic E-state index is 0.0340. The van der Waals surface area contributed by atoms with E-state index in [1.54, 1.807) is 0 Å². The average Bonchev–Trinajstić information content (AvgIpc) is 2.82. The van der Waals surface area contributed by atoms with E-state index in [2.05, 4.69) is 15.5 Å². The van der Waals surface area contributed by atoms with Gasteiger partial charge in [0.05, 0.1) is 17.6 Å². The number of fused-ring (bicyclic) bond motifs is 1. The van der Waals surface area contributed by atoms with Crippen molar-refractivity contribution in [1.29, 1.82) is 0 Å². The summed E-state index contributed by atoms with van der Waals surface area (Å²) < 4.78 is 0. The number of nitrogens with zero attached hydrogens (tertiary/aromatic N) is 1. The van der Waals surface area contributed by atoms with Gasteiger partial charge < -0.3 is 10.4 Å². The summed E-state index contributed by atoms with van der Waals surface area (Å²) in [5.41, 5.74) is 1.69. The van der Waals surface area contributed by atoms with Crippen LogP contribution in [0, 0.1) is 0 Å². The second kappa shape index (κ2) is 6.33. The third-order valence-corrected chi connectivity index (χ3v) is 3.21. The fourth-order valence-electron chi connectivity index (χ4n) is 2.12. The Kier molecular flexibility index (Phi) is 4.52. The molecule has 5 nitrogen and oxygen atoms in total. The predicted octanol–water partition coefficient (Wildman–Crippen LogP) is 1.38. The quantitative estimate of drug-likeness (QED) is 0.735. The minimum Gasteiger partial charge on any atom is -0.396 e. The van der Waals surface area contributed by atoms with E-state index in [-0.39, 0.29) is 25.0 Å². The van der Waals surface area contributed by atoms with Gasteiger partial charge in [-0.1, -0.05) is 25.1 Å². The number of hydrogen-bond acceptors (Lipinski definition) is 3. The van der Waals surface area contributed by atoms with Crippen molar-refractivity contribution in [3.63, 3.8) is 0 Å². The first-order valence-corrected chi connectivity index (χ1v) is 6.56. The average molecular weight is 261 g/mol. The zero-order valence-electron chi connectivity index (χ0n) is 11.0. The van der Waals surface area contributed by atoms with Gasteiger partial charge in [0.15, 0.2) is 0 Å². The molecule has 1 aromatic carbocycles. The van der Waals surface area contributed by atoms with Crippen molar-refractivity contribution in [2.24, 2.45) is 0 Å². The van der Waals surface area contributed by atoms with Gasteiger partial charge in [-0.3, -0.25) is 9.89 Å². The number of carbonyl (C=O) groups is 1. The first-order chi connectivity index (χ1) is 9.24. The molecule has 2 rings (SSSR count). The van der Waals surface area contributed by atoms with Crippen molar-refractivity contribution in [1.82, 2.24) is 15.5 Å². The van der Waals surface area contributed by atoms with E-state index in [0.717, 1.165) is 23.0 Å². The molecule has 2 aromatic rings. The van der Waals surface area contributed by atoms with Gasteiger partial charge >= 0.3 is 0 Å². The number of aliphatic hydroxyl groups excluding tert-OH is 1. The maximum atomic E-state index is 12.0. The molecule has 5 heteroatoms. The van der Waals surface area contributed by atoms with Crippen LogP contribution in [0.25, 0.3) is 10.9 Å². The third-order valence-electron chi connectivity index (χ3n) is 3.21. The van der Waals surface area contributed by atoms with Crippen LogP contribution in [0.1, 0.15) is 25.5 Å². The van der Waals surface area contributed by atoms with Crippen molar-refractivity contribution >= 4 is 16.8 Å². The Bertz CT molecular complexity index is 550. The second-order valence-electron chi connectivity index (χ2n) is 4.58. The molecule has 0 aliphatic carbocycles. The number of rotatable bonds is 6. The van der Waals surface area contributed by atoms with Crippen molar-refractivity contribution in [2.75, 3.05) is 6.61 Å². The molecule has 1 aromatic heterocycles.